The van der Waals surface area contributed by atoms with E-state index in [1.165, 1.54) is 118 Å². The van der Waals surface area contributed by atoms with E-state index in [4.69, 9.17) is 0 Å². The van der Waals surface area contributed by atoms with Crippen LogP contribution in [0.1, 0.15) is 124 Å². The molecule has 1 aromatic heterocycles. The van der Waals surface area contributed by atoms with Gasteiger partial charge in [0.15, 0.2) is 0 Å². The van der Waals surface area contributed by atoms with Crippen molar-refractivity contribution < 1.29 is 0 Å². The third kappa shape index (κ3) is 5.19. The molecule has 2 unspecified atom stereocenters. The lowest BCUT2D eigenvalue weighted by atomic mass is 9.42. The second-order valence-corrected chi connectivity index (χ2v) is 23.2. The maximum Gasteiger partial charge on any atom is 0.328 e. The van der Waals surface area contributed by atoms with E-state index in [9.17, 15) is 0 Å². The second kappa shape index (κ2) is 12.4. The van der Waals surface area contributed by atoms with Crippen LogP contribution in [0.5, 0.6) is 0 Å². The van der Waals surface area contributed by atoms with Crippen molar-refractivity contribution in [3.63, 3.8) is 0 Å². The molecule has 7 aromatic rings. The first-order valence-electron chi connectivity index (χ1n) is 22.5. The van der Waals surface area contributed by atoms with E-state index >= 15 is 0 Å². The summed E-state index contributed by atoms with van der Waals surface area (Å²) >= 11 is 1.94. The molecule has 1 aliphatic carbocycles. The van der Waals surface area contributed by atoms with Gasteiger partial charge in [0.25, 0.3) is 0 Å². The minimum atomic E-state index is -0.0609. The first-order valence-corrected chi connectivity index (χ1v) is 23.3. The number of rotatable bonds is 2. The number of hydrogen-bond acceptors (Lipinski definition) is 3. The van der Waals surface area contributed by atoms with Crippen molar-refractivity contribution in [2.45, 2.75) is 129 Å². The van der Waals surface area contributed by atoms with Gasteiger partial charge in [-0.05, 0) is 117 Å². The molecule has 0 radical (unpaired) electrons. The third-order valence-corrected chi connectivity index (χ3v) is 16.6. The SMILES string of the molecule is CC(C)(C)c1ccc(N2c3cc4sc5ccccc5c4cc3B3c4c(cc(C(C)(C)C)cc42)-c2cc(C(C)(C)C)cc4c2N3C2(C)CCCCC42C)c(-c2ccccc2)c1. The fraction of sp³-hybridized carbons (Fsp3) is 0.357. The van der Waals surface area contributed by atoms with E-state index < -0.39 is 0 Å². The molecule has 3 aliphatic heterocycles. The molecule has 1 saturated carbocycles. The number of hydrogen-bond donors (Lipinski definition) is 0. The molecule has 302 valence electrons. The predicted molar refractivity (Wildman–Crippen MR) is 263 cm³/mol. The van der Waals surface area contributed by atoms with Gasteiger partial charge in [-0.25, -0.2) is 0 Å². The molecule has 6 aromatic carbocycles. The number of benzene rings is 6. The van der Waals surface area contributed by atoms with Gasteiger partial charge >= 0.3 is 6.85 Å². The molecule has 4 aliphatic rings. The molecule has 4 heteroatoms. The van der Waals surface area contributed by atoms with E-state index in [0.29, 0.717) is 0 Å². The summed E-state index contributed by atoms with van der Waals surface area (Å²) in [6.45, 7) is 26.8. The lowest BCUT2D eigenvalue weighted by molar-refractivity contribution is 0.199. The Hall–Kier alpha value is -4.80. The molecule has 4 heterocycles. The first-order chi connectivity index (χ1) is 28.4. The molecule has 2 atom stereocenters. The third-order valence-electron chi connectivity index (χ3n) is 15.5. The molecule has 60 heavy (non-hydrogen) atoms. The zero-order chi connectivity index (χ0) is 41.9. The Bertz CT molecular complexity index is 2940. The second-order valence-electron chi connectivity index (χ2n) is 22.2. The van der Waals surface area contributed by atoms with Gasteiger partial charge in [-0.3, -0.25) is 0 Å². The Morgan fingerprint density at radius 1 is 0.550 bits per heavy atom. The zero-order valence-corrected chi connectivity index (χ0v) is 38.4. The van der Waals surface area contributed by atoms with Gasteiger partial charge in [0.1, 0.15) is 0 Å². The van der Waals surface area contributed by atoms with Crippen molar-refractivity contribution in [3.05, 3.63) is 131 Å². The molecule has 0 amide bonds. The summed E-state index contributed by atoms with van der Waals surface area (Å²) in [5, 5.41) is 2.74. The van der Waals surface area contributed by atoms with Gasteiger partial charge in [0.2, 0.25) is 0 Å². The van der Waals surface area contributed by atoms with Gasteiger partial charge in [-0.1, -0.05) is 155 Å². The standard InChI is InChI=1S/C56H59BN2S/c1-52(2,3)35-23-24-45(39(27-35)34-19-13-12-14-20-34)58-46-33-49-40(38-21-15-16-22-48(38)60-49)32-44(46)57-50-41(28-37(31-47(50)58)54(7,8)9)42-29-36(53(4,5)6)30-43-51(42)59(57)56(11)26-18-17-25-55(43,56)10/h12-16,19-24,27-33H,17-18,25-26H2,1-11H3. The Kier molecular flexibility index (Phi) is 7.89. The van der Waals surface area contributed by atoms with Crippen LogP contribution in [0.15, 0.2) is 109 Å². The average Bonchev–Trinajstić information content (AvgIpc) is 3.67. The summed E-state index contributed by atoms with van der Waals surface area (Å²) in [5.74, 6) is 0. The van der Waals surface area contributed by atoms with Gasteiger partial charge in [-0.15, -0.1) is 11.3 Å². The first kappa shape index (κ1) is 38.2. The van der Waals surface area contributed by atoms with Gasteiger partial charge in [0, 0.05) is 59.3 Å². The Morgan fingerprint density at radius 3 is 1.93 bits per heavy atom. The Labute approximate surface area is 362 Å². The van der Waals surface area contributed by atoms with Crippen LogP contribution in [0, 0.1) is 0 Å². The topological polar surface area (TPSA) is 6.48 Å². The van der Waals surface area contributed by atoms with Crippen LogP contribution in [0.4, 0.5) is 22.7 Å². The molecule has 0 bridgehead atoms. The highest BCUT2D eigenvalue weighted by Gasteiger charge is 2.63. The van der Waals surface area contributed by atoms with Gasteiger partial charge in [0.05, 0.1) is 5.69 Å². The summed E-state index contributed by atoms with van der Waals surface area (Å²) in [7, 11) is 0. The number of anilines is 4. The summed E-state index contributed by atoms with van der Waals surface area (Å²) in [4.78, 5) is 5.71. The van der Waals surface area contributed by atoms with Crippen LogP contribution in [0.25, 0.3) is 42.4 Å². The maximum atomic E-state index is 3.00. The Morgan fingerprint density at radius 2 is 1.20 bits per heavy atom. The summed E-state index contributed by atoms with van der Waals surface area (Å²) in [6, 6.07) is 43.2. The molecular weight excluding hydrogens is 744 g/mol. The van der Waals surface area contributed by atoms with Crippen LogP contribution in [0.3, 0.4) is 0 Å². The molecule has 11 rings (SSSR count). The smallest absolute Gasteiger partial charge is 0.328 e. The minimum Gasteiger partial charge on any atom is -0.400 e. The monoisotopic (exact) mass is 802 g/mol. The van der Waals surface area contributed by atoms with Crippen LogP contribution < -0.4 is 20.6 Å². The van der Waals surface area contributed by atoms with Gasteiger partial charge < -0.3 is 9.71 Å². The van der Waals surface area contributed by atoms with Crippen molar-refractivity contribution in [3.8, 4) is 22.3 Å². The average molecular weight is 803 g/mol. The van der Waals surface area contributed by atoms with Gasteiger partial charge in [-0.2, -0.15) is 0 Å². The highest BCUT2D eigenvalue weighted by atomic mass is 32.1. The summed E-state index contributed by atoms with van der Waals surface area (Å²) < 4.78 is 2.71. The van der Waals surface area contributed by atoms with Crippen molar-refractivity contribution in [2.75, 3.05) is 9.71 Å². The predicted octanol–water partition coefficient (Wildman–Crippen LogP) is 14.6. The molecule has 0 saturated heterocycles. The number of nitrogens with zero attached hydrogens (tertiary/aromatic N) is 2. The van der Waals surface area contributed by atoms with Crippen LogP contribution in [-0.4, -0.2) is 12.4 Å². The van der Waals surface area contributed by atoms with Crippen LogP contribution in [0.2, 0.25) is 0 Å². The van der Waals surface area contributed by atoms with E-state index in [1.54, 1.807) is 5.56 Å². The number of thiophene rings is 1. The summed E-state index contributed by atoms with van der Waals surface area (Å²) in [5.41, 5.74) is 19.4. The van der Waals surface area contributed by atoms with E-state index in [0.717, 1.165) is 0 Å². The summed E-state index contributed by atoms with van der Waals surface area (Å²) in [6.07, 6.45) is 4.96. The quantitative estimate of drug-likeness (QED) is 0.161. The van der Waals surface area contributed by atoms with E-state index in [-0.39, 0.29) is 34.0 Å². The van der Waals surface area contributed by atoms with E-state index in [2.05, 4.69) is 195 Å². The molecular formula is C56H59BN2S. The molecule has 0 spiro atoms. The largest absolute Gasteiger partial charge is 0.400 e. The lowest BCUT2D eigenvalue weighted by Gasteiger charge is -2.55. The van der Waals surface area contributed by atoms with Crippen molar-refractivity contribution in [2.24, 2.45) is 0 Å². The van der Waals surface area contributed by atoms with E-state index in [1.807, 2.05) is 11.3 Å². The maximum absolute atomic E-state index is 3.00. The number of fused-ring (bicyclic) bond motifs is 10. The van der Waals surface area contributed by atoms with Crippen molar-refractivity contribution in [1.29, 1.82) is 0 Å². The molecule has 2 nitrogen and oxygen atoms in total. The highest BCUT2D eigenvalue weighted by molar-refractivity contribution is 7.26. The highest BCUT2D eigenvalue weighted by Crippen LogP contribution is 2.64. The fourth-order valence-electron chi connectivity index (χ4n) is 11.7. The Balaban J connectivity index is 1.32. The van der Waals surface area contributed by atoms with Crippen molar-refractivity contribution >= 4 is 72.0 Å². The lowest BCUT2D eigenvalue weighted by Crippen LogP contribution is -2.70. The minimum absolute atomic E-state index is 0.00550. The van der Waals surface area contributed by atoms with Crippen LogP contribution in [-0.2, 0) is 21.7 Å². The normalized spacial score (nSPS) is 20.7. The van der Waals surface area contributed by atoms with Crippen molar-refractivity contribution in [1.82, 2.24) is 0 Å². The molecule has 0 N–H and O–H groups in total. The van der Waals surface area contributed by atoms with Crippen LogP contribution >= 0.6 is 11.3 Å². The zero-order valence-electron chi connectivity index (χ0n) is 37.6. The fourth-order valence-corrected chi connectivity index (χ4v) is 12.9. The molecule has 1 fully saturated rings.